The van der Waals surface area contributed by atoms with Gasteiger partial charge in [-0.2, -0.15) is 0 Å². The van der Waals surface area contributed by atoms with E-state index in [4.69, 9.17) is 5.11 Å². The number of carbonyl (C=O) groups excluding carboxylic acids is 2. The minimum absolute atomic E-state index is 0. The van der Waals surface area contributed by atoms with Crippen molar-refractivity contribution in [3.05, 3.63) is 0 Å². The average Bonchev–Trinajstić information content (AvgIpc) is 2.64. The summed E-state index contributed by atoms with van der Waals surface area (Å²) in [4.78, 5) is 33.0. The van der Waals surface area contributed by atoms with E-state index in [1.54, 1.807) is 0 Å². The maximum atomic E-state index is 11.7. The summed E-state index contributed by atoms with van der Waals surface area (Å²) in [6, 6.07) is -1.46. The topological polar surface area (TPSA) is 107 Å². The van der Waals surface area contributed by atoms with Gasteiger partial charge in [-0.3, -0.25) is 9.59 Å². The van der Waals surface area contributed by atoms with Gasteiger partial charge in [0.2, 0.25) is 5.91 Å². The normalized spacial score (nSPS) is 11.5. The first-order chi connectivity index (χ1) is 13.5. The van der Waals surface area contributed by atoms with Gasteiger partial charge < -0.3 is 20.3 Å². The van der Waals surface area contributed by atoms with Crippen molar-refractivity contribution in [1.82, 2.24) is 5.32 Å². The van der Waals surface area contributed by atoms with Crippen molar-refractivity contribution in [2.45, 2.75) is 122 Å². The molecule has 0 bridgehead atoms. The Bertz CT molecular complexity index is 431. The van der Waals surface area contributed by atoms with Crippen LogP contribution < -0.4 is 61.8 Å². The van der Waals surface area contributed by atoms with Crippen LogP contribution >= 0.6 is 0 Å². The molecule has 1 atom stereocenters. The predicted molar refractivity (Wildman–Crippen MR) is 109 cm³/mol. The molecule has 0 radical (unpaired) electrons. The van der Waals surface area contributed by atoms with Gasteiger partial charge in [0.15, 0.2) is 0 Å². The molecule has 7 heteroatoms. The van der Waals surface area contributed by atoms with Crippen LogP contribution in [0, 0.1) is 0 Å². The monoisotopic (exact) mass is 437 g/mol. The summed E-state index contributed by atoms with van der Waals surface area (Å²) in [6.45, 7) is 2.25. The number of carbonyl (C=O) groups is 3. The molecule has 0 unspecified atom stereocenters. The predicted octanol–water partition coefficient (Wildman–Crippen LogP) is 0.961. The first-order valence-corrected chi connectivity index (χ1v) is 11.2. The zero-order valence-electron chi connectivity index (χ0n) is 18.7. The van der Waals surface area contributed by atoms with Crippen molar-refractivity contribution in [3.8, 4) is 0 Å². The van der Waals surface area contributed by atoms with Crippen LogP contribution in [0.1, 0.15) is 116 Å². The number of nitrogens with one attached hydrogen (secondary N) is 1. The van der Waals surface area contributed by atoms with Gasteiger partial charge in [-0.1, -0.05) is 96.8 Å². The van der Waals surface area contributed by atoms with Crippen LogP contribution in [0.15, 0.2) is 0 Å². The molecule has 0 saturated carbocycles. The molecule has 2 N–H and O–H groups in total. The summed E-state index contributed by atoms with van der Waals surface area (Å²) in [6.07, 6.45) is 18.1. The number of hydrogen-bond acceptors (Lipinski definition) is 4. The van der Waals surface area contributed by atoms with Crippen LogP contribution in [0.5, 0.6) is 0 Å². The number of carboxylic acids is 2. The van der Waals surface area contributed by atoms with E-state index >= 15 is 0 Å². The van der Waals surface area contributed by atoms with Gasteiger partial charge in [-0.05, 0) is 6.42 Å². The standard InChI is InChI=1S/C22H41NO5.K/c1-2-3-4-5-6-7-8-9-10-11-12-13-14-15-16-17-20(24)23-19(22(27)28)18-21(25)26;/h19H,2-18H2,1H3,(H,23,24)(H,25,26)(H,27,28);/q;+1/p-1/t19-;/m0./s1. The minimum atomic E-state index is -1.56. The van der Waals surface area contributed by atoms with Crippen molar-refractivity contribution in [2.75, 3.05) is 0 Å². The zero-order chi connectivity index (χ0) is 21.0. The molecule has 164 valence electrons. The number of carboxylic acid groups (broad SMARTS) is 2. The van der Waals surface area contributed by atoms with Gasteiger partial charge in [0.1, 0.15) is 0 Å². The van der Waals surface area contributed by atoms with Crippen molar-refractivity contribution in [2.24, 2.45) is 0 Å². The van der Waals surface area contributed by atoms with E-state index in [0.717, 1.165) is 12.8 Å². The Morgan fingerprint density at radius 1 is 0.759 bits per heavy atom. The van der Waals surface area contributed by atoms with Crippen LogP contribution in [0.2, 0.25) is 0 Å². The average molecular weight is 438 g/mol. The second-order valence-corrected chi connectivity index (χ2v) is 7.74. The van der Waals surface area contributed by atoms with Crippen LogP contribution in [0.25, 0.3) is 0 Å². The van der Waals surface area contributed by atoms with Gasteiger partial charge in [0, 0.05) is 6.42 Å². The second-order valence-electron chi connectivity index (χ2n) is 7.74. The molecule has 0 aliphatic heterocycles. The van der Waals surface area contributed by atoms with Crippen molar-refractivity contribution < 1.29 is 76.0 Å². The van der Waals surface area contributed by atoms with Crippen LogP contribution in [-0.2, 0) is 14.4 Å². The van der Waals surface area contributed by atoms with Crippen LogP contribution in [0.3, 0.4) is 0 Å². The maximum absolute atomic E-state index is 11.7. The summed E-state index contributed by atoms with van der Waals surface area (Å²) in [5.74, 6) is -3.26. The molecule has 0 aromatic heterocycles. The summed E-state index contributed by atoms with van der Waals surface area (Å²) < 4.78 is 0. The third-order valence-electron chi connectivity index (χ3n) is 5.01. The second kappa shape index (κ2) is 22.7. The molecule has 0 heterocycles. The van der Waals surface area contributed by atoms with Gasteiger partial charge >= 0.3 is 57.4 Å². The van der Waals surface area contributed by atoms with Crippen LogP contribution in [0.4, 0.5) is 0 Å². The van der Waals surface area contributed by atoms with E-state index in [-0.39, 0.29) is 57.8 Å². The third-order valence-corrected chi connectivity index (χ3v) is 5.01. The van der Waals surface area contributed by atoms with Crippen molar-refractivity contribution >= 4 is 17.8 Å². The Morgan fingerprint density at radius 3 is 1.48 bits per heavy atom. The number of rotatable bonds is 20. The SMILES string of the molecule is CCCCCCCCCCCCCCCCCC(=O)N[C@@H](CC(=O)O)C(=O)[O-].[K+]. The number of amides is 1. The first kappa shape index (κ1) is 31.2. The van der Waals surface area contributed by atoms with Crippen molar-refractivity contribution in [1.29, 1.82) is 0 Å². The Hall–Kier alpha value is 0.0464. The molecular weight excluding hydrogens is 397 g/mol. The summed E-state index contributed by atoms with van der Waals surface area (Å²) in [5, 5.41) is 21.6. The fourth-order valence-corrected chi connectivity index (χ4v) is 3.29. The molecule has 0 spiro atoms. The number of hydrogen-bond donors (Lipinski definition) is 2. The van der Waals surface area contributed by atoms with E-state index in [1.165, 1.54) is 77.0 Å². The van der Waals surface area contributed by atoms with E-state index in [9.17, 15) is 19.5 Å². The van der Waals surface area contributed by atoms with E-state index in [2.05, 4.69) is 12.2 Å². The quantitative estimate of drug-likeness (QED) is 0.218. The maximum Gasteiger partial charge on any atom is 1.00 e. The first-order valence-electron chi connectivity index (χ1n) is 11.2. The molecule has 0 rings (SSSR count). The van der Waals surface area contributed by atoms with Gasteiger partial charge in [-0.15, -0.1) is 0 Å². The summed E-state index contributed by atoms with van der Waals surface area (Å²) >= 11 is 0. The fraction of sp³-hybridized carbons (Fsp3) is 0.864. The smallest absolute Gasteiger partial charge is 0.548 e. The third kappa shape index (κ3) is 22.6. The van der Waals surface area contributed by atoms with E-state index < -0.39 is 30.3 Å². The van der Waals surface area contributed by atoms with Crippen molar-refractivity contribution in [3.63, 3.8) is 0 Å². The number of aliphatic carboxylic acids is 2. The Balaban J connectivity index is 0. The number of unbranched alkanes of at least 4 members (excludes halogenated alkanes) is 14. The summed E-state index contributed by atoms with van der Waals surface area (Å²) in [7, 11) is 0. The van der Waals surface area contributed by atoms with Gasteiger partial charge in [0.25, 0.3) is 0 Å². The molecule has 1 amide bonds. The molecule has 0 saturated heterocycles. The van der Waals surface area contributed by atoms with Gasteiger partial charge in [0.05, 0.1) is 18.4 Å². The molecule has 0 aliphatic carbocycles. The molecule has 6 nitrogen and oxygen atoms in total. The molecule has 0 aliphatic rings. The molecular formula is C22H40KNO5. The zero-order valence-corrected chi connectivity index (χ0v) is 21.8. The molecule has 0 aromatic rings. The minimum Gasteiger partial charge on any atom is -0.548 e. The molecule has 29 heavy (non-hydrogen) atoms. The fourth-order valence-electron chi connectivity index (χ4n) is 3.29. The van der Waals surface area contributed by atoms with E-state index in [0.29, 0.717) is 6.42 Å². The van der Waals surface area contributed by atoms with E-state index in [1.807, 2.05) is 0 Å². The molecule has 0 fully saturated rings. The van der Waals surface area contributed by atoms with Crippen LogP contribution in [-0.4, -0.2) is 29.0 Å². The largest absolute Gasteiger partial charge is 1.00 e. The molecule has 0 aromatic carbocycles. The Morgan fingerprint density at radius 2 is 1.14 bits per heavy atom. The summed E-state index contributed by atoms with van der Waals surface area (Å²) in [5.41, 5.74) is 0. The van der Waals surface area contributed by atoms with Gasteiger partial charge in [-0.25, -0.2) is 0 Å². The Kier molecular flexibility index (Phi) is 24.5. The Labute approximate surface area is 219 Å².